The summed E-state index contributed by atoms with van der Waals surface area (Å²) in [6.07, 6.45) is 8.49. The predicted molar refractivity (Wildman–Crippen MR) is 80.9 cm³/mol. The minimum atomic E-state index is 0.807. The van der Waals surface area contributed by atoms with E-state index in [1.165, 1.54) is 51.6 Å². The Morgan fingerprint density at radius 3 is 2.29 bits per heavy atom. The highest BCUT2D eigenvalue weighted by Crippen LogP contribution is 2.25. The van der Waals surface area contributed by atoms with E-state index >= 15 is 0 Å². The first kappa shape index (κ1) is 15.5. The van der Waals surface area contributed by atoms with Crippen molar-refractivity contribution in [1.82, 2.24) is 4.90 Å². The van der Waals surface area contributed by atoms with Gasteiger partial charge in [0.1, 0.15) is 0 Å². The van der Waals surface area contributed by atoms with Gasteiger partial charge in [0.25, 0.3) is 0 Å². The van der Waals surface area contributed by atoms with Gasteiger partial charge in [-0.15, -0.1) is 0 Å². The Labute approximate surface area is 116 Å². The van der Waals surface area contributed by atoms with Crippen molar-refractivity contribution >= 4 is 15.9 Å². The van der Waals surface area contributed by atoms with Crippen LogP contribution in [0.3, 0.4) is 0 Å². The smallest absolute Gasteiger partial charge is 0.00953 e. The Morgan fingerprint density at radius 2 is 1.76 bits per heavy atom. The highest BCUT2D eigenvalue weighted by molar-refractivity contribution is 9.09. The molecule has 0 saturated heterocycles. The summed E-state index contributed by atoms with van der Waals surface area (Å²) >= 11 is 3.55. The molecular formula is C15H30BrN. The number of alkyl halides is 1. The zero-order valence-corrected chi connectivity index (χ0v) is 13.5. The van der Waals surface area contributed by atoms with Crippen LogP contribution in [0.25, 0.3) is 0 Å². The quantitative estimate of drug-likeness (QED) is 0.588. The van der Waals surface area contributed by atoms with Crippen molar-refractivity contribution in [2.24, 2.45) is 11.8 Å². The Balaban J connectivity index is 2.34. The molecule has 0 aliphatic heterocycles. The molecule has 0 bridgehead atoms. The van der Waals surface area contributed by atoms with Crippen molar-refractivity contribution in [3.8, 4) is 0 Å². The number of hydrogen-bond donors (Lipinski definition) is 0. The van der Waals surface area contributed by atoms with Crippen LogP contribution < -0.4 is 0 Å². The van der Waals surface area contributed by atoms with E-state index in [0.29, 0.717) is 0 Å². The van der Waals surface area contributed by atoms with Gasteiger partial charge in [-0.2, -0.15) is 0 Å². The molecule has 17 heavy (non-hydrogen) atoms. The zero-order chi connectivity index (χ0) is 12.7. The van der Waals surface area contributed by atoms with E-state index in [2.05, 4.69) is 41.6 Å². The van der Waals surface area contributed by atoms with E-state index < -0.39 is 0 Å². The fourth-order valence-electron chi connectivity index (χ4n) is 2.88. The molecule has 0 aromatic rings. The van der Waals surface area contributed by atoms with Gasteiger partial charge in [0.2, 0.25) is 0 Å². The van der Waals surface area contributed by atoms with Crippen LogP contribution in [0.4, 0.5) is 0 Å². The lowest BCUT2D eigenvalue weighted by Gasteiger charge is -2.31. The van der Waals surface area contributed by atoms with Crippen LogP contribution in [-0.4, -0.2) is 29.4 Å². The third kappa shape index (κ3) is 6.24. The summed E-state index contributed by atoms with van der Waals surface area (Å²) < 4.78 is 0. The minimum absolute atomic E-state index is 0.807. The lowest BCUT2D eigenvalue weighted by Crippen LogP contribution is -2.37. The molecule has 1 atom stereocenters. The van der Waals surface area contributed by atoms with Gasteiger partial charge in [0, 0.05) is 17.9 Å². The molecule has 0 aromatic carbocycles. The third-order valence-electron chi connectivity index (χ3n) is 3.95. The van der Waals surface area contributed by atoms with Crippen molar-refractivity contribution in [3.05, 3.63) is 0 Å². The summed E-state index contributed by atoms with van der Waals surface area (Å²) in [7, 11) is 0. The van der Waals surface area contributed by atoms with E-state index in [9.17, 15) is 0 Å². The molecule has 1 rings (SSSR count). The maximum atomic E-state index is 3.55. The molecule has 1 aliphatic carbocycles. The van der Waals surface area contributed by atoms with Crippen LogP contribution in [-0.2, 0) is 0 Å². The molecule has 1 unspecified atom stereocenters. The number of halogens is 1. The molecule has 2 heteroatoms. The van der Waals surface area contributed by atoms with E-state index in [4.69, 9.17) is 0 Å². The highest BCUT2D eigenvalue weighted by Gasteiger charge is 2.23. The SMILES string of the molecule is CC(C)CN(CCC(C)CCBr)C1CCCC1. The Morgan fingerprint density at radius 1 is 1.12 bits per heavy atom. The summed E-state index contributed by atoms with van der Waals surface area (Å²) in [5.41, 5.74) is 0. The lowest BCUT2D eigenvalue weighted by molar-refractivity contribution is 0.166. The standard InChI is InChI=1S/C15H30BrN/c1-13(2)12-17(15-6-4-5-7-15)11-9-14(3)8-10-16/h13-15H,4-12H2,1-3H3. The van der Waals surface area contributed by atoms with Crippen molar-refractivity contribution in [2.75, 3.05) is 18.4 Å². The lowest BCUT2D eigenvalue weighted by atomic mass is 10.0. The summed E-state index contributed by atoms with van der Waals surface area (Å²) in [5.74, 6) is 1.67. The van der Waals surface area contributed by atoms with Gasteiger partial charge in [-0.05, 0) is 44.1 Å². The first-order valence-electron chi connectivity index (χ1n) is 7.43. The van der Waals surface area contributed by atoms with Crippen molar-refractivity contribution in [1.29, 1.82) is 0 Å². The van der Waals surface area contributed by atoms with Crippen LogP contribution in [0.2, 0.25) is 0 Å². The first-order valence-corrected chi connectivity index (χ1v) is 8.55. The molecule has 0 aromatic heterocycles. The largest absolute Gasteiger partial charge is 0.300 e. The third-order valence-corrected chi connectivity index (χ3v) is 4.41. The van der Waals surface area contributed by atoms with E-state index in [1.54, 1.807) is 0 Å². The summed E-state index contributed by atoms with van der Waals surface area (Å²) in [6.45, 7) is 9.71. The number of rotatable bonds is 8. The van der Waals surface area contributed by atoms with E-state index in [0.717, 1.165) is 23.2 Å². The molecule has 0 heterocycles. The monoisotopic (exact) mass is 303 g/mol. The van der Waals surface area contributed by atoms with Crippen LogP contribution >= 0.6 is 15.9 Å². The second-order valence-corrected chi connectivity index (χ2v) is 6.99. The molecule has 0 radical (unpaired) electrons. The van der Waals surface area contributed by atoms with E-state index in [-0.39, 0.29) is 0 Å². The summed E-state index contributed by atoms with van der Waals surface area (Å²) in [4.78, 5) is 2.78. The van der Waals surface area contributed by atoms with Crippen LogP contribution in [0, 0.1) is 11.8 Å². The fraction of sp³-hybridized carbons (Fsp3) is 1.00. The summed E-state index contributed by atoms with van der Waals surface area (Å²) in [6, 6.07) is 0.897. The fourth-order valence-corrected chi connectivity index (χ4v) is 3.66. The summed E-state index contributed by atoms with van der Waals surface area (Å²) in [5, 5.41) is 1.15. The average molecular weight is 304 g/mol. The van der Waals surface area contributed by atoms with Crippen LogP contribution in [0.1, 0.15) is 59.3 Å². The first-order chi connectivity index (χ1) is 8.13. The highest BCUT2D eigenvalue weighted by atomic mass is 79.9. The molecule has 1 saturated carbocycles. The molecule has 0 spiro atoms. The molecule has 102 valence electrons. The molecule has 1 aliphatic rings. The van der Waals surface area contributed by atoms with Gasteiger partial charge in [0.05, 0.1) is 0 Å². The molecule has 1 nitrogen and oxygen atoms in total. The Bertz CT molecular complexity index is 187. The maximum absolute atomic E-state index is 3.55. The van der Waals surface area contributed by atoms with Gasteiger partial charge in [-0.25, -0.2) is 0 Å². The minimum Gasteiger partial charge on any atom is -0.300 e. The van der Waals surface area contributed by atoms with Crippen molar-refractivity contribution in [3.63, 3.8) is 0 Å². The molecule has 1 fully saturated rings. The molecule has 0 N–H and O–H groups in total. The number of hydrogen-bond acceptors (Lipinski definition) is 1. The van der Waals surface area contributed by atoms with Gasteiger partial charge in [0.15, 0.2) is 0 Å². The number of nitrogens with zero attached hydrogens (tertiary/aromatic N) is 1. The van der Waals surface area contributed by atoms with E-state index in [1.807, 2.05) is 0 Å². The van der Waals surface area contributed by atoms with Crippen LogP contribution in [0.15, 0.2) is 0 Å². The van der Waals surface area contributed by atoms with Gasteiger partial charge < -0.3 is 4.90 Å². The second kappa shape index (κ2) is 8.53. The van der Waals surface area contributed by atoms with Gasteiger partial charge in [-0.1, -0.05) is 49.5 Å². The van der Waals surface area contributed by atoms with Crippen LogP contribution in [0.5, 0.6) is 0 Å². The zero-order valence-electron chi connectivity index (χ0n) is 11.9. The second-order valence-electron chi connectivity index (χ2n) is 6.20. The maximum Gasteiger partial charge on any atom is 0.00953 e. The Hall–Kier alpha value is 0.440. The molecular weight excluding hydrogens is 274 g/mol. The topological polar surface area (TPSA) is 3.24 Å². The Kier molecular flexibility index (Phi) is 7.77. The predicted octanol–water partition coefficient (Wildman–Crippen LogP) is 4.70. The van der Waals surface area contributed by atoms with Gasteiger partial charge in [-0.3, -0.25) is 0 Å². The van der Waals surface area contributed by atoms with Crippen molar-refractivity contribution < 1.29 is 0 Å². The average Bonchev–Trinajstić information content (AvgIpc) is 2.77. The molecule has 0 amide bonds. The van der Waals surface area contributed by atoms with Crippen molar-refractivity contribution in [2.45, 2.75) is 65.3 Å². The van der Waals surface area contributed by atoms with Gasteiger partial charge >= 0.3 is 0 Å². The normalized spacial score (nSPS) is 19.4.